The van der Waals surface area contributed by atoms with Crippen molar-refractivity contribution < 1.29 is 4.74 Å². The van der Waals surface area contributed by atoms with E-state index in [1.165, 1.54) is 11.1 Å². The van der Waals surface area contributed by atoms with Crippen molar-refractivity contribution in [2.45, 2.75) is 40.7 Å². The number of hydrogen-bond acceptors (Lipinski definition) is 3. The van der Waals surface area contributed by atoms with E-state index in [0.717, 1.165) is 36.5 Å². The topological polar surface area (TPSA) is 34.2 Å². The van der Waals surface area contributed by atoms with Gasteiger partial charge in [-0.1, -0.05) is 24.6 Å². The van der Waals surface area contributed by atoms with Gasteiger partial charge in [0, 0.05) is 18.3 Å². The molecular formula is C18H24N2O. The Hall–Kier alpha value is -1.87. The molecule has 3 nitrogen and oxygen atoms in total. The van der Waals surface area contributed by atoms with Gasteiger partial charge < -0.3 is 10.1 Å². The number of ether oxygens (including phenoxy) is 1. The molecule has 0 saturated carbocycles. The Morgan fingerprint density at radius 1 is 1.10 bits per heavy atom. The van der Waals surface area contributed by atoms with Gasteiger partial charge in [-0.25, -0.2) is 4.98 Å². The predicted molar refractivity (Wildman–Crippen MR) is 87.0 cm³/mol. The smallest absolute Gasteiger partial charge is 0.219 e. The first-order chi connectivity index (χ1) is 10.1. The molecule has 112 valence electrons. The Balaban J connectivity index is 2.15. The maximum Gasteiger partial charge on any atom is 0.219 e. The standard InChI is InChI=1S/C18H24N2O/c1-5-8-19-12-16-10-15(4)20-18(11-16)21-17-7-6-13(2)9-14(17)3/h6-7,9-11,19H,5,8,12H2,1-4H3. The van der Waals surface area contributed by atoms with Crippen molar-refractivity contribution in [2.24, 2.45) is 0 Å². The van der Waals surface area contributed by atoms with Gasteiger partial charge >= 0.3 is 0 Å². The number of nitrogens with one attached hydrogen (secondary N) is 1. The highest BCUT2D eigenvalue weighted by molar-refractivity contribution is 5.38. The van der Waals surface area contributed by atoms with E-state index in [0.29, 0.717) is 5.88 Å². The molecule has 1 aromatic heterocycles. The highest BCUT2D eigenvalue weighted by Crippen LogP contribution is 2.25. The summed E-state index contributed by atoms with van der Waals surface area (Å²) in [5.74, 6) is 1.53. The average molecular weight is 284 g/mol. The average Bonchev–Trinajstić information content (AvgIpc) is 2.42. The first-order valence-corrected chi connectivity index (χ1v) is 7.52. The number of hydrogen-bond donors (Lipinski definition) is 1. The first-order valence-electron chi connectivity index (χ1n) is 7.52. The second-order valence-corrected chi connectivity index (χ2v) is 5.50. The van der Waals surface area contributed by atoms with E-state index in [1.54, 1.807) is 0 Å². The van der Waals surface area contributed by atoms with Crippen molar-refractivity contribution in [2.75, 3.05) is 6.54 Å². The molecule has 21 heavy (non-hydrogen) atoms. The van der Waals surface area contributed by atoms with Crippen LogP contribution < -0.4 is 10.1 Å². The van der Waals surface area contributed by atoms with Gasteiger partial charge in [0.2, 0.25) is 5.88 Å². The van der Waals surface area contributed by atoms with E-state index < -0.39 is 0 Å². The molecule has 0 aliphatic carbocycles. The Morgan fingerprint density at radius 3 is 2.62 bits per heavy atom. The van der Waals surface area contributed by atoms with E-state index in [-0.39, 0.29) is 0 Å². The highest BCUT2D eigenvalue weighted by Gasteiger charge is 2.05. The summed E-state index contributed by atoms with van der Waals surface area (Å²) in [6.07, 6.45) is 1.13. The number of aromatic nitrogens is 1. The Kier molecular flexibility index (Phi) is 5.34. The normalized spacial score (nSPS) is 10.7. The fourth-order valence-corrected chi connectivity index (χ4v) is 2.30. The zero-order chi connectivity index (χ0) is 15.2. The van der Waals surface area contributed by atoms with Gasteiger partial charge in [-0.15, -0.1) is 0 Å². The lowest BCUT2D eigenvalue weighted by Crippen LogP contribution is -2.14. The van der Waals surface area contributed by atoms with E-state index >= 15 is 0 Å². The van der Waals surface area contributed by atoms with Crippen LogP contribution in [-0.4, -0.2) is 11.5 Å². The van der Waals surface area contributed by atoms with Crippen LogP contribution in [0.5, 0.6) is 11.6 Å². The molecule has 0 amide bonds. The van der Waals surface area contributed by atoms with Gasteiger partial charge in [0.25, 0.3) is 0 Å². The predicted octanol–water partition coefficient (Wildman–Crippen LogP) is 4.30. The minimum absolute atomic E-state index is 0.662. The molecule has 0 unspecified atom stereocenters. The van der Waals surface area contributed by atoms with Crippen molar-refractivity contribution in [3.63, 3.8) is 0 Å². The molecular weight excluding hydrogens is 260 g/mol. The van der Waals surface area contributed by atoms with E-state index in [1.807, 2.05) is 19.1 Å². The van der Waals surface area contributed by atoms with Crippen molar-refractivity contribution in [1.82, 2.24) is 10.3 Å². The summed E-state index contributed by atoms with van der Waals surface area (Å²) in [7, 11) is 0. The van der Waals surface area contributed by atoms with Crippen LogP contribution in [0.15, 0.2) is 30.3 Å². The van der Waals surface area contributed by atoms with Crippen LogP contribution in [0.1, 0.15) is 35.7 Å². The molecule has 0 aliphatic heterocycles. The maximum absolute atomic E-state index is 5.95. The number of benzene rings is 1. The number of pyridine rings is 1. The summed E-state index contributed by atoms with van der Waals surface area (Å²) in [5.41, 5.74) is 4.55. The third-order valence-electron chi connectivity index (χ3n) is 3.29. The molecule has 0 aliphatic rings. The lowest BCUT2D eigenvalue weighted by Gasteiger charge is -2.11. The van der Waals surface area contributed by atoms with Gasteiger partial charge in [0.05, 0.1) is 0 Å². The number of rotatable bonds is 6. The quantitative estimate of drug-likeness (QED) is 0.803. The summed E-state index contributed by atoms with van der Waals surface area (Å²) in [6, 6.07) is 10.3. The van der Waals surface area contributed by atoms with Crippen LogP contribution >= 0.6 is 0 Å². The van der Waals surface area contributed by atoms with Crippen LogP contribution in [0.4, 0.5) is 0 Å². The summed E-state index contributed by atoms with van der Waals surface area (Å²) < 4.78 is 5.95. The molecule has 1 heterocycles. The lowest BCUT2D eigenvalue weighted by atomic mass is 10.1. The van der Waals surface area contributed by atoms with E-state index in [9.17, 15) is 0 Å². The molecule has 3 heteroatoms. The fraction of sp³-hybridized carbons (Fsp3) is 0.389. The molecule has 0 saturated heterocycles. The first kappa shape index (κ1) is 15.5. The number of nitrogens with zero attached hydrogens (tertiary/aromatic N) is 1. The zero-order valence-corrected chi connectivity index (χ0v) is 13.4. The largest absolute Gasteiger partial charge is 0.439 e. The number of aryl methyl sites for hydroxylation is 3. The Bertz CT molecular complexity index is 608. The molecule has 1 N–H and O–H groups in total. The van der Waals surface area contributed by atoms with Gasteiger partial charge in [0.1, 0.15) is 5.75 Å². The lowest BCUT2D eigenvalue weighted by molar-refractivity contribution is 0.457. The molecule has 2 rings (SSSR count). The molecule has 0 atom stereocenters. The summed E-state index contributed by atoms with van der Waals surface area (Å²) >= 11 is 0. The summed E-state index contributed by atoms with van der Waals surface area (Å²) in [6.45, 7) is 10.2. The van der Waals surface area contributed by atoms with Gasteiger partial charge in [0.15, 0.2) is 0 Å². The van der Waals surface area contributed by atoms with Crippen molar-refractivity contribution in [1.29, 1.82) is 0 Å². The molecule has 1 aromatic carbocycles. The Labute approximate surface area is 127 Å². The van der Waals surface area contributed by atoms with Crippen LogP contribution in [0.3, 0.4) is 0 Å². The van der Waals surface area contributed by atoms with E-state index in [2.05, 4.69) is 49.3 Å². The van der Waals surface area contributed by atoms with Crippen molar-refractivity contribution >= 4 is 0 Å². The second kappa shape index (κ2) is 7.23. The fourth-order valence-electron chi connectivity index (χ4n) is 2.30. The Morgan fingerprint density at radius 2 is 1.90 bits per heavy atom. The third kappa shape index (κ3) is 4.57. The highest BCUT2D eigenvalue weighted by atomic mass is 16.5. The molecule has 0 radical (unpaired) electrons. The monoisotopic (exact) mass is 284 g/mol. The maximum atomic E-state index is 5.95. The van der Waals surface area contributed by atoms with Crippen molar-refractivity contribution in [3.8, 4) is 11.6 Å². The zero-order valence-electron chi connectivity index (χ0n) is 13.4. The van der Waals surface area contributed by atoms with Gasteiger partial charge in [-0.2, -0.15) is 0 Å². The molecule has 0 spiro atoms. The van der Waals surface area contributed by atoms with Crippen LogP contribution in [0.25, 0.3) is 0 Å². The van der Waals surface area contributed by atoms with Gasteiger partial charge in [-0.05, 0) is 57.0 Å². The molecule has 0 fully saturated rings. The minimum atomic E-state index is 0.662. The minimum Gasteiger partial charge on any atom is -0.439 e. The molecule has 0 bridgehead atoms. The summed E-state index contributed by atoms with van der Waals surface area (Å²) in [5, 5.41) is 3.41. The SMILES string of the molecule is CCCNCc1cc(C)nc(Oc2ccc(C)cc2C)c1. The van der Waals surface area contributed by atoms with E-state index in [4.69, 9.17) is 4.74 Å². The second-order valence-electron chi connectivity index (χ2n) is 5.50. The third-order valence-corrected chi connectivity index (χ3v) is 3.29. The van der Waals surface area contributed by atoms with Crippen LogP contribution in [0.2, 0.25) is 0 Å². The summed E-state index contributed by atoms with van der Waals surface area (Å²) in [4.78, 5) is 4.47. The molecule has 2 aromatic rings. The van der Waals surface area contributed by atoms with Crippen molar-refractivity contribution in [3.05, 3.63) is 52.7 Å². The van der Waals surface area contributed by atoms with Crippen LogP contribution in [0, 0.1) is 20.8 Å². The van der Waals surface area contributed by atoms with Gasteiger partial charge in [-0.3, -0.25) is 0 Å². The van der Waals surface area contributed by atoms with Crippen LogP contribution in [-0.2, 0) is 6.54 Å².